The summed E-state index contributed by atoms with van der Waals surface area (Å²) in [7, 11) is -11.6. The lowest BCUT2D eigenvalue weighted by atomic mass is 10.1. The number of imidazole rings is 2. The molecule has 3 fully saturated rings. The highest BCUT2D eigenvalue weighted by Crippen LogP contribution is 2.56. The number of aromatic amines is 1. The van der Waals surface area contributed by atoms with Crippen molar-refractivity contribution in [3.63, 3.8) is 0 Å². The van der Waals surface area contributed by atoms with E-state index in [1.807, 2.05) is 0 Å². The molecule has 4 aromatic heterocycles. The fourth-order valence-electron chi connectivity index (χ4n) is 6.39. The van der Waals surface area contributed by atoms with E-state index < -0.39 is 102 Å². The molecule has 7 heterocycles. The van der Waals surface area contributed by atoms with Gasteiger partial charge < -0.3 is 64.5 Å². The highest BCUT2D eigenvalue weighted by molar-refractivity contribution is 7.59. The SMILES string of the molecule is Nc1nc2c(ncn2[C@@H]2O[C@H](COP(=O)([O-])OP(=O)([O-])OC[C@H]3O[C@@H](n4cnc5c(NC(=O)N6CCC[C@H]6C(=O)O)ncnc54)C(O)[C@H]3O)[C@H](O)C2O)c(=O)[nH]1. The molecule has 11 atom stereocenters. The Hall–Kier alpha value is -4.54. The number of phosphoric acid groups is 2. The number of urea groups is 1. The number of nitrogens with two attached hydrogens (primary N) is 1. The molecule has 56 heavy (non-hydrogen) atoms. The Morgan fingerprint density at radius 3 is 2.07 bits per heavy atom. The predicted octanol–water partition coefficient (Wildman–Crippen LogP) is -4.15. The van der Waals surface area contributed by atoms with Crippen LogP contribution in [0.3, 0.4) is 0 Å². The van der Waals surface area contributed by atoms with Crippen LogP contribution in [0.4, 0.5) is 16.6 Å². The molecule has 30 heteroatoms. The minimum atomic E-state index is -5.81. The smallest absolute Gasteiger partial charge is 0.326 e. The van der Waals surface area contributed by atoms with Gasteiger partial charge >= 0.3 is 12.0 Å². The van der Waals surface area contributed by atoms with E-state index in [2.05, 4.69) is 48.6 Å². The van der Waals surface area contributed by atoms with Gasteiger partial charge in [0.1, 0.15) is 49.0 Å². The third kappa shape index (κ3) is 7.62. The van der Waals surface area contributed by atoms with Crippen molar-refractivity contribution in [3.8, 4) is 0 Å². The standard InChI is InChI=1S/C26H33N11O17P2/c27-25-33-20-13(21(42)34-25)31-8-37(20)23-17(41)15(39)11(53-23)5-51-56(48,49)54-55(46,47)50-4-10-14(38)16(40)22(52-10)36-7-30-12-18(28-6-29-19(12)36)32-26(45)35-3-1-2-9(35)24(43)44/h6-11,14-17,22-23,38-41H,1-5H2,(H,43,44)(H,46,47)(H,48,49)(H3,27,33,34,42)(H,28,29,32,45)/p-2/t9-,10+,11+,14-,15-,16?,17?,22+,23+/m0/s1. The van der Waals surface area contributed by atoms with Crippen LogP contribution >= 0.6 is 15.6 Å². The topological polar surface area (TPSA) is 410 Å². The van der Waals surface area contributed by atoms with Crippen molar-refractivity contribution in [1.29, 1.82) is 0 Å². The fraction of sp³-hybridized carbons (Fsp3) is 0.538. The normalized spacial score (nSPS) is 30.2. The number of nitrogen functional groups attached to an aromatic ring is 1. The zero-order valence-electron chi connectivity index (χ0n) is 28.1. The number of H-pyrrole nitrogens is 1. The Morgan fingerprint density at radius 1 is 0.911 bits per heavy atom. The van der Waals surface area contributed by atoms with Gasteiger partial charge in [-0.15, -0.1) is 0 Å². The highest BCUT2D eigenvalue weighted by atomic mass is 31.3. The molecule has 0 aromatic carbocycles. The van der Waals surface area contributed by atoms with Crippen molar-refractivity contribution in [3.05, 3.63) is 29.3 Å². The van der Waals surface area contributed by atoms with Crippen LogP contribution in [-0.2, 0) is 36.8 Å². The molecule has 3 aliphatic heterocycles. The number of aromatic nitrogens is 8. The Labute approximate surface area is 310 Å². The lowest BCUT2D eigenvalue weighted by Crippen LogP contribution is -2.42. The summed E-state index contributed by atoms with van der Waals surface area (Å²) in [5.74, 6) is -1.59. The number of phosphoric ester groups is 2. The molecular formula is C26H31N11O17P2-2. The van der Waals surface area contributed by atoms with Gasteiger partial charge in [0.15, 0.2) is 40.6 Å². The van der Waals surface area contributed by atoms with E-state index >= 15 is 0 Å². The van der Waals surface area contributed by atoms with E-state index in [0.717, 1.165) is 33.0 Å². The highest BCUT2D eigenvalue weighted by Gasteiger charge is 2.47. The first kappa shape index (κ1) is 39.7. The van der Waals surface area contributed by atoms with Gasteiger partial charge in [-0.25, -0.2) is 33.8 Å². The summed E-state index contributed by atoms with van der Waals surface area (Å²) >= 11 is 0. The summed E-state index contributed by atoms with van der Waals surface area (Å²) in [4.78, 5) is 84.7. The molecule has 0 bridgehead atoms. The van der Waals surface area contributed by atoms with Gasteiger partial charge in [0.2, 0.25) is 5.95 Å². The largest absolute Gasteiger partial charge is 0.756 e. The minimum Gasteiger partial charge on any atom is -0.756 e. The van der Waals surface area contributed by atoms with Crippen LogP contribution in [-0.4, -0.2) is 144 Å². The number of ether oxygens (including phenoxy) is 2. The van der Waals surface area contributed by atoms with Gasteiger partial charge in [-0.05, 0) is 12.8 Å². The molecule has 0 radical (unpaired) electrons. The van der Waals surface area contributed by atoms with Crippen LogP contribution < -0.4 is 26.4 Å². The van der Waals surface area contributed by atoms with E-state index in [4.69, 9.17) is 15.2 Å². The number of amides is 2. The van der Waals surface area contributed by atoms with E-state index in [9.17, 15) is 58.8 Å². The fourth-order valence-corrected chi connectivity index (χ4v) is 8.41. The Bertz CT molecular complexity index is 2310. The van der Waals surface area contributed by atoms with Gasteiger partial charge in [0.25, 0.3) is 21.2 Å². The van der Waals surface area contributed by atoms with E-state index in [-0.39, 0.29) is 47.1 Å². The molecule has 4 aromatic rings. The molecule has 3 aliphatic rings. The number of aliphatic hydroxyl groups excluding tert-OH is 4. The molecule has 304 valence electrons. The van der Waals surface area contributed by atoms with Crippen molar-refractivity contribution >= 4 is 61.7 Å². The van der Waals surface area contributed by atoms with Crippen molar-refractivity contribution in [2.24, 2.45) is 0 Å². The number of aliphatic carboxylic acids is 1. The number of carboxylic acid groups (broad SMARTS) is 1. The number of nitrogens with zero attached hydrogens (tertiary/aromatic N) is 8. The van der Waals surface area contributed by atoms with Crippen LogP contribution in [0.25, 0.3) is 22.3 Å². The number of hydrogen-bond acceptors (Lipinski definition) is 22. The lowest BCUT2D eigenvalue weighted by molar-refractivity contribution is -0.246. The zero-order chi connectivity index (χ0) is 40.3. The van der Waals surface area contributed by atoms with E-state index in [1.165, 1.54) is 0 Å². The number of carboxylic acids is 1. The van der Waals surface area contributed by atoms with Gasteiger partial charge in [0.05, 0.1) is 25.9 Å². The summed E-state index contributed by atoms with van der Waals surface area (Å²) in [6, 6.07) is -1.80. The van der Waals surface area contributed by atoms with Gasteiger partial charge in [-0.1, -0.05) is 0 Å². The third-order valence-corrected chi connectivity index (χ3v) is 11.6. The number of carbonyl (C=O) groups excluding carboxylic acids is 1. The Kier molecular flexibility index (Phi) is 10.7. The first-order chi connectivity index (χ1) is 26.4. The van der Waals surface area contributed by atoms with Crippen LogP contribution in [0.2, 0.25) is 0 Å². The van der Waals surface area contributed by atoms with Gasteiger partial charge in [-0.2, -0.15) is 4.98 Å². The number of nitrogens with one attached hydrogen (secondary N) is 2. The molecule has 9 N–H and O–H groups in total. The first-order valence-corrected chi connectivity index (χ1v) is 19.2. The van der Waals surface area contributed by atoms with E-state index in [0.29, 0.717) is 6.42 Å². The van der Waals surface area contributed by atoms with Crippen LogP contribution in [0, 0.1) is 0 Å². The molecule has 3 saturated heterocycles. The van der Waals surface area contributed by atoms with Crippen molar-refractivity contribution < 1.29 is 76.9 Å². The average Bonchev–Trinajstić information content (AvgIpc) is 3.96. The number of fused-ring (bicyclic) bond motifs is 2. The van der Waals surface area contributed by atoms with Crippen molar-refractivity contribution in [2.75, 3.05) is 30.8 Å². The molecule has 0 spiro atoms. The molecule has 0 aliphatic carbocycles. The average molecular weight is 832 g/mol. The predicted molar refractivity (Wildman–Crippen MR) is 174 cm³/mol. The molecule has 7 rings (SSSR count). The summed E-state index contributed by atoms with van der Waals surface area (Å²) in [5.41, 5.74) is 4.47. The molecule has 0 saturated carbocycles. The van der Waals surface area contributed by atoms with Crippen LogP contribution in [0.15, 0.2) is 23.8 Å². The summed E-state index contributed by atoms with van der Waals surface area (Å²) in [6.07, 6.45) is -9.38. The maximum absolute atomic E-state index is 12.8. The second-order valence-corrected chi connectivity index (χ2v) is 15.6. The summed E-state index contributed by atoms with van der Waals surface area (Å²) in [5, 5.41) is 54.3. The van der Waals surface area contributed by atoms with E-state index in [1.54, 1.807) is 0 Å². The Balaban J connectivity index is 0.948. The molecule has 28 nitrogen and oxygen atoms in total. The second-order valence-electron chi connectivity index (χ2n) is 12.6. The van der Waals surface area contributed by atoms with Gasteiger partial charge in [0, 0.05) is 6.54 Å². The van der Waals surface area contributed by atoms with Crippen molar-refractivity contribution in [1.82, 2.24) is 43.9 Å². The number of rotatable bonds is 12. The number of anilines is 2. The molecular weight excluding hydrogens is 800 g/mol. The van der Waals surface area contributed by atoms with Gasteiger partial charge in [-0.3, -0.25) is 33.4 Å². The monoisotopic (exact) mass is 831 g/mol. The number of aliphatic hydroxyl groups is 4. The quantitative estimate of drug-likeness (QED) is 0.0628. The summed E-state index contributed by atoms with van der Waals surface area (Å²) in [6.45, 7) is -1.98. The van der Waals surface area contributed by atoms with Crippen LogP contribution in [0.5, 0.6) is 0 Å². The summed E-state index contributed by atoms with van der Waals surface area (Å²) < 4.78 is 51.5. The Morgan fingerprint density at radius 2 is 1.48 bits per heavy atom. The number of hydrogen-bond donors (Lipinski definition) is 8. The van der Waals surface area contributed by atoms with Crippen LogP contribution in [0.1, 0.15) is 25.3 Å². The maximum atomic E-state index is 12.8. The first-order valence-electron chi connectivity index (χ1n) is 16.3. The minimum absolute atomic E-state index is 0.0184. The number of carbonyl (C=O) groups is 2. The second kappa shape index (κ2) is 15.1. The molecule has 4 unspecified atom stereocenters. The van der Waals surface area contributed by atoms with Crippen molar-refractivity contribution in [2.45, 2.75) is 68.0 Å². The maximum Gasteiger partial charge on any atom is 0.326 e. The number of likely N-dealkylation sites (tertiary alicyclic amines) is 1. The lowest BCUT2D eigenvalue weighted by Gasteiger charge is -2.32. The third-order valence-electron chi connectivity index (χ3n) is 9.05. The zero-order valence-corrected chi connectivity index (χ0v) is 29.9. The molecule has 2 amide bonds.